The number of nitrogens with zero attached hydrogens (tertiary/aromatic N) is 1. The van der Waals surface area contributed by atoms with Gasteiger partial charge in [-0.25, -0.2) is 9.18 Å². The second kappa shape index (κ2) is 8.41. The van der Waals surface area contributed by atoms with Crippen molar-refractivity contribution in [1.82, 2.24) is 4.57 Å². The van der Waals surface area contributed by atoms with Gasteiger partial charge in [0.2, 0.25) is 0 Å². The quantitative estimate of drug-likeness (QED) is 0.445. The summed E-state index contributed by atoms with van der Waals surface area (Å²) in [5, 5.41) is 15.2. The maximum Gasteiger partial charge on any atom is 0.412 e. The van der Waals surface area contributed by atoms with Crippen LogP contribution in [0.4, 0.5) is 14.9 Å². The zero-order valence-corrected chi connectivity index (χ0v) is 20.0. The molecule has 1 heterocycles. The number of anilines is 1. The Morgan fingerprint density at radius 2 is 1.75 bits per heavy atom. The van der Waals surface area contributed by atoms with Crippen LogP contribution in [0.25, 0.3) is 10.9 Å². The van der Waals surface area contributed by atoms with Gasteiger partial charge in [-0.15, -0.1) is 0 Å². The van der Waals surface area contributed by atoms with E-state index in [0.717, 1.165) is 5.56 Å². The Bertz CT molecular complexity index is 1130. The molecule has 1 unspecified atom stereocenters. The molecule has 1 aromatic heterocycles. The number of carbonyl (C=O) groups is 1. The van der Waals surface area contributed by atoms with Crippen molar-refractivity contribution in [3.05, 3.63) is 65.1 Å². The number of aromatic nitrogens is 1. The number of fused-ring (bicyclic) bond motifs is 1. The predicted molar refractivity (Wildman–Crippen MR) is 127 cm³/mol. The second-order valence-corrected chi connectivity index (χ2v) is 9.91. The van der Waals surface area contributed by atoms with Crippen LogP contribution in [0.2, 0.25) is 5.02 Å². The summed E-state index contributed by atoms with van der Waals surface area (Å²) < 4.78 is 21.9. The van der Waals surface area contributed by atoms with Gasteiger partial charge in [-0.2, -0.15) is 0 Å². The number of rotatable bonds is 5. The number of halogens is 2. The minimum atomic E-state index is -1.22. The number of benzene rings is 2. The summed E-state index contributed by atoms with van der Waals surface area (Å²) in [6.45, 7) is 10.7. The molecule has 7 heteroatoms. The highest BCUT2D eigenvalue weighted by atomic mass is 35.5. The molecule has 1 amide bonds. The van der Waals surface area contributed by atoms with E-state index < -0.39 is 28.7 Å². The summed E-state index contributed by atoms with van der Waals surface area (Å²) >= 11 is 6.10. The lowest BCUT2D eigenvalue weighted by Gasteiger charge is -2.45. The van der Waals surface area contributed by atoms with Gasteiger partial charge in [-0.1, -0.05) is 30.7 Å². The molecule has 0 saturated heterocycles. The van der Waals surface area contributed by atoms with E-state index in [1.165, 1.54) is 12.1 Å². The van der Waals surface area contributed by atoms with Crippen LogP contribution in [-0.2, 0) is 10.3 Å². The number of amides is 1. The lowest BCUT2D eigenvalue weighted by molar-refractivity contribution is -0.0237. The van der Waals surface area contributed by atoms with E-state index in [9.17, 15) is 14.3 Å². The SMILES string of the molecule is CCC(c1ccc(Cl)cc1)(n1ccc2c(NC(=O)OC(C)(C)C)cc(F)cc21)C(C)(C)O. The summed E-state index contributed by atoms with van der Waals surface area (Å²) in [6.07, 6.45) is 1.66. The molecule has 3 aromatic rings. The topological polar surface area (TPSA) is 63.5 Å². The van der Waals surface area contributed by atoms with Gasteiger partial charge in [0.15, 0.2) is 0 Å². The minimum absolute atomic E-state index is 0.296. The van der Waals surface area contributed by atoms with Crippen molar-refractivity contribution in [2.45, 2.75) is 64.7 Å². The number of hydrogen-bond donors (Lipinski definition) is 2. The van der Waals surface area contributed by atoms with E-state index >= 15 is 0 Å². The first kappa shape index (κ1) is 24.1. The van der Waals surface area contributed by atoms with Gasteiger partial charge in [-0.05, 0) is 76.9 Å². The van der Waals surface area contributed by atoms with Crippen LogP contribution in [-0.4, -0.2) is 27.0 Å². The van der Waals surface area contributed by atoms with E-state index in [-0.39, 0.29) is 0 Å². The zero-order valence-electron chi connectivity index (χ0n) is 19.3. The highest BCUT2D eigenvalue weighted by molar-refractivity contribution is 6.30. The molecule has 0 bridgehead atoms. The highest BCUT2D eigenvalue weighted by Gasteiger charge is 2.46. The monoisotopic (exact) mass is 460 g/mol. The second-order valence-electron chi connectivity index (χ2n) is 9.48. The fraction of sp³-hybridized carbons (Fsp3) is 0.400. The van der Waals surface area contributed by atoms with E-state index in [2.05, 4.69) is 5.32 Å². The van der Waals surface area contributed by atoms with Crippen LogP contribution in [0.15, 0.2) is 48.7 Å². The Hall–Kier alpha value is -2.57. The molecule has 0 saturated carbocycles. The van der Waals surface area contributed by atoms with Gasteiger partial charge in [0, 0.05) is 16.6 Å². The molecule has 32 heavy (non-hydrogen) atoms. The standard InChI is InChI=1S/C25H30ClFN2O3/c1-7-25(24(5,6)31,16-8-10-17(26)11-9-16)29-13-12-19-20(14-18(27)15-21(19)29)28-22(30)32-23(2,3)4/h8-15,31H,7H2,1-6H3,(H,28,30). The van der Waals surface area contributed by atoms with Crippen LogP contribution < -0.4 is 5.32 Å². The van der Waals surface area contributed by atoms with E-state index in [4.69, 9.17) is 16.3 Å². The fourth-order valence-corrected chi connectivity index (χ4v) is 4.50. The fourth-order valence-electron chi connectivity index (χ4n) is 4.38. The summed E-state index contributed by atoms with van der Waals surface area (Å²) in [7, 11) is 0. The van der Waals surface area contributed by atoms with Gasteiger partial charge < -0.3 is 14.4 Å². The molecule has 2 aromatic carbocycles. The smallest absolute Gasteiger partial charge is 0.412 e. The molecule has 3 rings (SSSR count). The third-order valence-electron chi connectivity index (χ3n) is 5.67. The summed E-state index contributed by atoms with van der Waals surface area (Å²) in [4.78, 5) is 12.3. The number of ether oxygens (including phenoxy) is 1. The maximum absolute atomic E-state index is 14.7. The Morgan fingerprint density at radius 3 is 2.28 bits per heavy atom. The van der Waals surface area contributed by atoms with Crippen LogP contribution in [0, 0.1) is 5.82 Å². The summed E-state index contributed by atoms with van der Waals surface area (Å²) in [5.41, 5.74) is -1.15. The molecule has 5 nitrogen and oxygen atoms in total. The number of hydrogen-bond acceptors (Lipinski definition) is 3. The molecule has 0 aliphatic carbocycles. The highest BCUT2D eigenvalue weighted by Crippen LogP contribution is 2.43. The average molecular weight is 461 g/mol. The van der Waals surface area contributed by atoms with Crippen LogP contribution in [0.1, 0.15) is 53.5 Å². The molecule has 0 aliphatic rings. The number of nitrogens with one attached hydrogen (secondary N) is 1. The first-order valence-corrected chi connectivity index (χ1v) is 11.0. The first-order valence-electron chi connectivity index (χ1n) is 10.6. The Balaban J connectivity index is 2.22. The Morgan fingerprint density at radius 1 is 1.12 bits per heavy atom. The van der Waals surface area contributed by atoms with Crippen LogP contribution in [0.3, 0.4) is 0 Å². The zero-order chi connectivity index (χ0) is 23.9. The van der Waals surface area contributed by atoms with Crippen molar-refractivity contribution >= 4 is 34.3 Å². The Labute approximate surface area is 193 Å². The molecule has 1 atom stereocenters. The van der Waals surface area contributed by atoms with Gasteiger partial charge in [0.05, 0.1) is 22.3 Å². The molecule has 2 N–H and O–H groups in total. The van der Waals surface area contributed by atoms with Crippen molar-refractivity contribution in [3.63, 3.8) is 0 Å². The van der Waals surface area contributed by atoms with E-state index in [1.807, 2.05) is 23.6 Å². The Kier molecular flexibility index (Phi) is 6.33. The van der Waals surface area contributed by atoms with E-state index in [0.29, 0.717) is 28.0 Å². The maximum atomic E-state index is 14.7. The number of carbonyl (C=O) groups excluding carboxylic acids is 1. The largest absolute Gasteiger partial charge is 0.444 e. The first-order chi connectivity index (χ1) is 14.8. The van der Waals surface area contributed by atoms with Crippen molar-refractivity contribution in [3.8, 4) is 0 Å². The van der Waals surface area contributed by atoms with Crippen LogP contribution in [0.5, 0.6) is 0 Å². The number of aliphatic hydroxyl groups is 1. The molecular formula is C25H30ClFN2O3. The lowest BCUT2D eigenvalue weighted by Crippen LogP contribution is -2.52. The van der Waals surface area contributed by atoms with Gasteiger partial charge in [0.1, 0.15) is 11.4 Å². The molecule has 0 aliphatic heterocycles. The van der Waals surface area contributed by atoms with Crippen molar-refractivity contribution in [2.24, 2.45) is 0 Å². The molecule has 0 radical (unpaired) electrons. The summed E-state index contributed by atoms with van der Waals surface area (Å²) in [5.74, 6) is -0.514. The van der Waals surface area contributed by atoms with Crippen molar-refractivity contribution < 1.29 is 19.0 Å². The third kappa shape index (κ3) is 4.48. The summed E-state index contributed by atoms with van der Waals surface area (Å²) in [6, 6.07) is 11.7. The molecular weight excluding hydrogens is 431 g/mol. The molecule has 0 fully saturated rings. The lowest BCUT2D eigenvalue weighted by atomic mass is 9.74. The minimum Gasteiger partial charge on any atom is -0.444 e. The van der Waals surface area contributed by atoms with Crippen molar-refractivity contribution in [2.75, 3.05) is 5.32 Å². The van der Waals surface area contributed by atoms with Gasteiger partial charge in [0.25, 0.3) is 0 Å². The molecule has 0 spiro atoms. The van der Waals surface area contributed by atoms with E-state index in [1.54, 1.807) is 59.0 Å². The van der Waals surface area contributed by atoms with Gasteiger partial charge >= 0.3 is 6.09 Å². The van der Waals surface area contributed by atoms with Gasteiger partial charge in [-0.3, -0.25) is 5.32 Å². The average Bonchev–Trinajstić information content (AvgIpc) is 3.05. The normalized spacial score (nSPS) is 14.3. The molecule has 172 valence electrons. The van der Waals surface area contributed by atoms with Crippen LogP contribution >= 0.6 is 11.6 Å². The predicted octanol–water partition coefficient (Wildman–Crippen LogP) is 6.71. The third-order valence-corrected chi connectivity index (χ3v) is 5.92. The van der Waals surface area contributed by atoms with Crippen molar-refractivity contribution in [1.29, 1.82) is 0 Å².